The minimum atomic E-state index is -4.45. The van der Waals surface area contributed by atoms with Crippen LogP contribution in [0.25, 0.3) is 0 Å². The summed E-state index contributed by atoms with van der Waals surface area (Å²) in [6.45, 7) is 7.00. The average molecular weight is 1180 g/mol. The van der Waals surface area contributed by atoms with Crippen LogP contribution in [0.1, 0.15) is 329 Å². The SMILES string of the molecule is CCCCC/C=C\C/C=C\C/C=C\C/C=C\CCCCCCCCCCCCCC(=O)NC(COP(=O)(O)OCC[N+](C)(C)C)C(/C=C\CCCCCCCCCCC)OC(=O)CCCCCCCCCCC/C=C/CCCCCCCC. The van der Waals surface area contributed by atoms with Gasteiger partial charge < -0.3 is 19.4 Å². The van der Waals surface area contributed by atoms with E-state index in [2.05, 4.69) is 86.8 Å². The molecule has 83 heavy (non-hydrogen) atoms. The monoisotopic (exact) mass is 1180 g/mol. The number of carbonyl (C=O) groups is 2. The number of amides is 1. The molecule has 0 saturated heterocycles. The fourth-order valence-corrected chi connectivity index (χ4v) is 10.9. The molecule has 0 saturated carbocycles. The molecule has 10 heteroatoms. The summed E-state index contributed by atoms with van der Waals surface area (Å²) in [4.78, 5) is 37.9. The third kappa shape index (κ3) is 63.8. The van der Waals surface area contributed by atoms with Crippen molar-refractivity contribution in [1.29, 1.82) is 0 Å². The van der Waals surface area contributed by atoms with Crippen LogP contribution in [0.4, 0.5) is 0 Å². The van der Waals surface area contributed by atoms with E-state index in [1.165, 1.54) is 218 Å². The maximum Gasteiger partial charge on any atom is 0.472 e. The van der Waals surface area contributed by atoms with Crippen LogP contribution in [-0.4, -0.2) is 74.3 Å². The Morgan fingerprint density at radius 2 is 0.735 bits per heavy atom. The number of allylic oxidation sites excluding steroid dienone is 11. The van der Waals surface area contributed by atoms with Gasteiger partial charge in [-0.2, -0.15) is 0 Å². The molecule has 0 fully saturated rings. The van der Waals surface area contributed by atoms with Gasteiger partial charge in [-0.25, -0.2) is 4.57 Å². The van der Waals surface area contributed by atoms with Crippen LogP contribution < -0.4 is 5.32 Å². The summed E-state index contributed by atoms with van der Waals surface area (Å²) in [6.07, 6.45) is 82.0. The summed E-state index contributed by atoms with van der Waals surface area (Å²) < 4.78 is 30.8. The molecule has 0 aliphatic carbocycles. The largest absolute Gasteiger partial charge is 0.472 e. The van der Waals surface area contributed by atoms with E-state index in [0.29, 0.717) is 17.4 Å². The summed E-state index contributed by atoms with van der Waals surface area (Å²) in [6, 6.07) is -0.853. The molecule has 0 rings (SSSR count). The topological polar surface area (TPSA) is 111 Å². The van der Waals surface area contributed by atoms with Crippen molar-refractivity contribution in [3.05, 3.63) is 72.9 Å². The Morgan fingerprint density at radius 1 is 0.422 bits per heavy atom. The van der Waals surface area contributed by atoms with Gasteiger partial charge in [0, 0.05) is 12.8 Å². The molecule has 2 N–H and O–H groups in total. The van der Waals surface area contributed by atoms with Crippen molar-refractivity contribution >= 4 is 19.7 Å². The normalized spacial score (nSPS) is 14.0. The zero-order valence-electron chi connectivity index (χ0n) is 55.4. The van der Waals surface area contributed by atoms with Gasteiger partial charge in [0.25, 0.3) is 0 Å². The lowest BCUT2D eigenvalue weighted by Gasteiger charge is -2.27. The van der Waals surface area contributed by atoms with E-state index >= 15 is 0 Å². The van der Waals surface area contributed by atoms with Gasteiger partial charge in [0.1, 0.15) is 19.3 Å². The number of hydrogen-bond acceptors (Lipinski definition) is 6. The minimum absolute atomic E-state index is 0.0381. The molecular weight excluding hydrogens is 1050 g/mol. The molecule has 0 heterocycles. The highest BCUT2D eigenvalue weighted by molar-refractivity contribution is 7.47. The number of quaternary nitrogens is 1. The van der Waals surface area contributed by atoms with Crippen LogP contribution in [-0.2, 0) is 27.9 Å². The summed E-state index contributed by atoms with van der Waals surface area (Å²) in [5.74, 6) is -0.503. The van der Waals surface area contributed by atoms with Crippen molar-refractivity contribution in [1.82, 2.24) is 5.32 Å². The average Bonchev–Trinajstić information content (AvgIpc) is 3.51. The maximum absolute atomic E-state index is 13.6. The van der Waals surface area contributed by atoms with Crippen molar-refractivity contribution in [2.45, 2.75) is 341 Å². The number of esters is 1. The van der Waals surface area contributed by atoms with Crippen LogP contribution in [0, 0.1) is 0 Å². The highest BCUT2D eigenvalue weighted by Gasteiger charge is 2.30. The van der Waals surface area contributed by atoms with E-state index in [1.807, 2.05) is 33.3 Å². The highest BCUT2D eigenvalue weighted by atomic mass is 31.2. The minimum Gasteiger partial charge on any atom is -0.456 e. The fraction of sp³-hybridized carbons (Fsp3) is 0.808. The zero-order chi connectivity index (χ0) is 60.7. The van der Waals surface area contributed by atoms with E-state index in [1.54, 1.807) is 0 Å². The molecule has 0 aliphatic heterocycles. The predicted molar refractivity (Wildman–Crippen MR) is 360 cm³/mol. The summed E-state index contributed by atoms with van der Waals surface area (Å²) >= 11 is 0. The smallest absolute Gasteiger partial charge is 0.456 e. The molecule has 0 aromatic rings. The summed E-state index contributed by atoms with van der Waals surface area (Å²) in [7, 11) is 1.50. The summed E-state index contributed by atoms with van der Waals surface area (Å²) in [5.41, 5.74) is 0. The van der Waals surface area contributed by atoms with E-state index in [4.69, 9.17) is 13.8 Å². The molecule has 3 atom stereocenters. The Hall–Kier alpha value is -2.55. The molecule has 0 aliphatic rings. The Labute approximate surface area is 514 Å². The second-order valence-electron chi connectivity index (χ2n) is 25.0. The van der Waals surface area contributed by atoms with Gasteiger partial charge in [0.15, 0.2) is 0 Å². The first-order valence-electron chi connectivity index (χ1n) is 35.3. The number of nitrogens with zero attached hydrogens (tertiary/aromatic N) is 1. The molecule has 0 spiro atoms. The van der Waals surface area contributed by atoms with Crippen molar-refractivity contribution in [2.75, 3.05) is 40.9 Å². The lowest BCUT2D eigenvalue weighted by molar-refractivity contribution is -0.870. The van der Waals surface area contributed by atoms with Crippen molar-refractivity contribution in [3.63, 3.8) is 0 Å². The number of phosphoric ester groups is 1. The van der Waals surface area contributed by atoms with Gasteiger partial charge >= 0.3 is 13.8 Å². The van der Waals surface area contributed by atoms with Crippen LogP contribution in [0.2, 0.25) is 0 Å². The molecule has 9 nitrogen and oxygen atoms in total. The molecule has 0 radical (unpaired) electrons. The lowest BCUT2D eigenvalue weighted by atomic mass is 10.0. The van der Waals surface area contributed by atoms with Crippen molar-refractivity contribution < 1.29 is 37.3 Å². The third-order valence-electron chi connectivity index (χ3n) is 15.6. The third-order valence-corrected chi connectivity index (χ3v) is 16.6. The molecule has 0 bridgehead atoms. The van der Waals surface area contributed by atoms with Gasteiger partial charge in [-0.15, -0.1) is 0 Å². The first-order valence-corrected chi connectivity index (χ1v) is 36.8. The van der Waals surface area contributed by atoms with Crippen molar-refractivity contribution in [3.8, 4) is 0 Å². The van der Waals surface area contributed by atoms with E-state index < -0.39 is 20.0 Å². The Bertz CT molecular complexity index is 1650. The standard InChI is InChI=1S/C73H135N2O7P/c1-7-10-13-16-19-22-25-27-29-31-33-34-35-36-37-38-39-40-42-43-45-47-50-53-56-59-62-65-72(76)74-70(69-81-83(78,79)80-68-67-75(4,5)6)71(64-61-58-55-52-49-24-21-18-15-12-9-3)82-73(77)66-63-60-57-54-51-48-46-44-41-32-30-28-26-23-20-17-14-11-8-2/h19,22,27-30,33-34,36-37,61,64,70-71H,7-18,20-21,23-26,31-32,35,38-60,62-63,65-69H2,1-6H3,(H-,74,76,78,79)/p+1/b22-19-,29-27-,30-28+,34-33-,37-36-,64-61-. The molecule has 3 unspecified atom stereocenters. The van der Waals surface area contributed by atoms with Crippen LogP contribution >= 0.6 is 7.82 Å². The lowest BCUT2D eigenvalue weighted by Crippen LogP contribution is -2.47. The van der Waals surface area contributed by atoms with Gasteiger partial charge in [0.2, 0.25) is 5.91 Å². The predicted octanol–water partition coefficient (Wildman–Crippen LogP) is 22.3. The molecule has 0 aromatic carbocycles. The van der Waals surface area contributed by atoms with Gasteiger partial charge in [-0.3, -0.25) is 18.6 Å². The van der Waals surface area contributed by atoms with E-state index in [9.17, 15) is 19.0 Å². The number of unbranched alkanes of at least 4 members (excludes halogenated alkanes) is 38. The van der Waals surface area contributed by atoms with Gasteiger partial charge in [0.05, 0.1) is 33.8 Å². The summed E-state index contributed by atoms with van der Waals surface area (Å²) in [5, 5.41) is 3.07. The first-order chi connectivity index (χ1) is 40.4. The second-order valence-corrected chi connectivity index (χ2v) is 26.5. The second kappa shape index (κ2) is 62.5. The number of nitrogens with one attached hydrogen (secondary N) is 1. The number of hydrogen-bond donors (Lipinski definition) is 2. The number of carbonyl (C=O) groups excluding carboxylic acids is 2. The quantitative estimate of drug-likeness (QED) is 0.0205. The van der Waals surface area contributed by atoms with Crippen molar-refractivity contribution in [2.24, 2.45) is 0 Å². The molecule has 0 aromatic heterocycles. The number of phosphoric acid groups is 1. The number of rotatable bonds is 64. The van der Waals surface area contributed by atoms with Gasteiger partial charge in [-0.1, -0.05) is 287 Å². The van der Waals surface area contributed by atoms with E-state index in [-0.39, 0.29) is 31.5 Å². The van der Waals surface area contributed by atoms with Crippen LogP contribution in [0.3, 0.4) is 0 Å². The maximum atomic E-state index is 13.6. The zero-order valence-corrected chi connectivity index (χ0v) is 56.3. The number of ether oxygens (including phenoxy) is 1. The highest BCUT2D eigenvalue weighted by Crippen LogP contribution is 2.43. The van der Waals surface area contributed by atoms with Crippen LogP contribution in [0.15, 0.2) is 72.9 Å². The molecule has 484 valence electrons. The Morgan fingerprint density at radius 3 is 1.13 bits per heavy atom. The molecular formula is C73H136N2O7P+. The Kier molecular flexibility index (Phi) is 60.6. The fourth-order valence-electron chi connectivity index (χ4n) is 10.2. The number of likely N-dealkylation sites (N-methyl/N-ethyl adjacent to an activating group) is 1. The van der Waals surface area contributed by atoms with E-state index in [0.717, 1.165) is 77.0 Å². The molecule has 1 amide bonds. The van der Waals surface area contributed by atoms with Gasteiger partial charge in [-0.05, 0) is 102 Å². The Balaban J connectivity index is 5.02. The van der Waals surface area contributed by atoms with Crippen LogP contribution in [0.5, 0.6) is 0 Å². The first kappa shape index (κ1) is 80.5.